The Bertz CT molecular complexity index is 1050. The molecule has 0 saturated carbocycles. The molecule has 1 aromatic heterocycles. The highest BCUT2D eigenvalue weighted by atomic mass is 32.2. The standard InChI is InChI=1S/C23H27N3O2S/c1-15(2)16(3)24-21(27)14-29-23-25-20-13-9-8-12-19(20)22(28)26(23)17(4)18-10-6-5-7-11-18/h5-13,15-17H,14H2,1-4H3,(H,24,27)/t16-,17-/m1/s1. The summed E-state index contributed by atoms with van der Waals surface area (Å²) in [6, 6.07) is 17.1. The Hall–Kier alpha value is -2.60. The summed E-state index contributed by atoms with van der Waals surface area (Å²) in [6.45, 7) is 8.12. The van der Waals surface area contributed by atoms with Crippen molar-refractivity contribution in [2.75, 3.05) is 5.75 Å². The Morgan fingerprint density at radius 2 is 1.69 bits per heavy atom. The Morgan fingerprint density at radius 1 is 1.03 bits per heavy atom. The van der Waals surface area contributed by atoms with Crippen LogP contribution in [0.25, 0.3) is 10.9 Å². The number of hydrogen-bond acceptors (Lipinski definition) is 4. The number of nitrogens with one attached hydrogen (secondary N) is 1. The number of para-hydroxylation sites is 1. The number of thioether (sulfide) groups is 1. The summed E-state index contributed by atoms with van der Waals surface area (Å²) in [6.07, 6.45) is 0. The van der Waals surface area contributed by atoms with E-state index in [9.17, 15) is 9.59 Å². The molecule has 0 unspecified atom stereocenters. The van der Waals surface area contributed by atoms with Gasteiger partial charge in [0, 0.05) is 6.04 Å². The summed E-state index contributed by atoms with van der Waals surface area (Å²) in [5, 5.41) is 4.14. The van der Waals surface area contributed by atoms with Gasteiger partial charge >= 0.3 is 0 Å². The van der Waals surface area contributed by atoms with Crippen LogP contribution in [0.2, 0.25) is 0 Å². The van der Waals surface area contributed by atoms with Crippen molar-refractivity contribution in [1.82, 2.24) is 14.9 Å². The van der Waals surface area contributed by atoms with E-state index in [2.05, 4.69) is 19.2 Å². The monoisotopic (exact) mass is 409 g/mol. The Kier molecular flexibility index (Phi) is 6.75. The van der Waals surface area contributed by atoms with Crippen molar-refractivity contribution in [1.29, 1.82) is 0 Å². The summed E-state index contributed by atoms with van der Waals surface area (Å²) in [7, 11) is 0. The first-order valence-corrected chi connectivity index (χ1v) is 10.9. The third-order valence-electron chi connectivity index (χ3n) is 5.17. The molecule has 0 spiro atoms. The molecular weight excluding hydrogens is 382 g/mol. The van der Waals surface area contributed by atoms with Crippen molar-refractivity contribution in [3.05, 3.63) is 70.5 Å². The first-order valence-electron chi connectivity index (χ1n) is 9.87. The average molecular weight is 410 g/mol. The minimum atomic E-state index is -0.194. The van der Waals surface area contributed by atoms with E-state index < -0.39 is 0 Å². The van der Waals surface area contributed by atoms with E-state index in [0.717, 1.165) is 5.56 Å². The predicted molar refractivity (Wildman–Crippen MR) is 119 cm³/mol. The number of aromatic nitrogens is 2. The molecule has 1 heterocycles. The quantitative estimate of drug-likeness (QED) is 0.468. The first-order chi connectivity index (χ1) is 13.9. The zero-order valence-corrected chi connectivity index (χ0v) is 18.1. The number of carbonyl (C=O) groups excluding carboxylic acids is 1. The summed E-state index contributed by atoms with van der Waals surface area (Å²) < 4.78 is 1.70. The van der Waals surface area contributed by atoms with Crippen LogP contribution in [-0.4, -0.2) is 27.3 Å². The fourth-order valence-electron chi connectivity index (χ4n) is 3.04. The van der Waals surface area contributed by atoms with Gasteiger partial charge in [0.1, 0.15) is 0 Å². The highest BCUT2D eigenvalue weighted by Gasteiger charge is 2.19. The van der Waals surface area contributed by atoms with Gasteiger partial charge in [-0.05, 0) is 37.5 Å². The van der Waals surface area contributed by atoms with Crippen molar-refractivity contribution >= 4 is 28.6 Å². The summed E-state index contributed by atoms with van der Waals surface area (Å²) in [5.41, 5.74) is 1.57. The van der Waals surface area contributed by atoms with Crippen LogP contribution in [-0.2, 0) is 4.79 Å². The van der Waals surface area contributed by atoms with E-state index in [1.807, 2.05) is 62.4 Å². The lowest BCUT2D eigenvalue weighted by Crippen LogP contribution is -2.37. The van der Waals surface area contributed by atoms with Gasteiger partial charge < -0.3 is 5.32 Å². The zero-order valence-electron chi connectivity index (χ0n) is 17.3. The molecule has 29 heavy (non-hydrogen) atoms. The fraction of sp³-hybridized carbons (Fsp3) is 0.348. The van der Waals surface area contributed by atoms with E-state index in [-0.39, 0.29) is 29.3 Å². The molecule has 0 aliphatic heterocycles. The molecule has 6 heteroatoms. The van der Waals surface area contributed by atoms with E-state index in [1.165, 1.54) is 11.8 Å². The van der Waals surface area contributed by atoms with Crippen LogP contribution in [0.4, 0.5) is 0 Å². The Balaban J connectivity index is 1.97. The van der Waals surface area contributed by atoms with Crippen LogP contribution in [0, 0.1) is 5.92 Å². The number of carbonyl (C=O) groups is 1. The highest BCUT2D eigenvalue weighted by Crippen LogP contribution is 2.24. The van der Waals surface area contributed by atoms with Gasteiger partial charge in [-0.25, -0.2) is 4.98 Å². The van der Waals surface area contributed by atoms with Crippen molar-refractivity contribution in [2.24, 2.45) is 5.92 Å². The molecular formula is C23H27N3O2S. The van der Waals surface area contributed by atoms with Gasteiger partial charge in [0.05, 0.1) is 22.7 Å². The molecule has 152 valence electrons. The number of fused-ring (bicyclic) bond motifs is 1. The van der Waals surface area contributed by atoms with Gasteiger partial charge in [0.15, 0.2) is 5.16 Å². The lowest BCUT2D eigenvalue weighted by Gasteiger charge is -2.20. The summed E-state index contributed by atoms with van der Waals surface area (Å²) in [5.74, 6) is 0.514. The van der Waals surface area contributed by atoms with Crippen molar-refractivity contribution in [3.63, 3.8) is 0 Å². The van der Waals surface area contributed by atoms with Gasteiger partial charge in [-0.3, -0.25) is 14.2 Å². The highest BCUT2D eigenvalue weighted by molar-refractivity contribution is 7.99. The van der Waals surface area contributed by atoms with Gasteiger partial charge in [-0.1, -0.05) is 68.1 Å². The lowest BCUT2D eigenvalue weighted by molar-refractivity contribution is -0.119. The molecule has 3 rings (SSSR count). The third-order valence-corrected chi connectivity index (χ3v) is 6.12. The molecule has 1 N–H and O–H groups in total. The van der Waals surface area contributed by atoms with Gasteiger partial charge in [-0.15, -0.1) is 0 Å². The maximum absolute atomic E-state index is 13.3. The second-order valence-electron chi connectivity index (χ2n) is 7.56. The third kappa shape index (κ3) is 4.88. The Morgan fingerprint density at radius 3 is 2.38 bits per heavy atom. The van der Waals surface area contributed by atoms with Crippen molar-refractivity contribution in [2.45, 2.75) is 44.9 Å². The topological polar surface area (TPSA) is 64.0 Å². The minimum absolute atomic E-state index is 0.0579. The number of rotatable bonds is 7. The molecule has 0 bridgehead atoms. The number of benzene rings is 2. The molecule has 2 atom stereocenters. The first kappa shape index (κ1) is 21.1. The molecule has 0 aliphatic rings. The van der Waals surface area contributed by atoms with E-state index in [4.69, 9.17) is 4.98 Å². The smallest absolute Gasteiger partial charge is 0.262 e. The minimum Gasteiger partial charge on any atom is -0.353 e. The van der Waals surface area contributed by atoms with Crippen LogP contribution in [0.5, 0.6) is 0 Å². The largest absolute Gasteiger partial charge is 0.353 e. The normalized spacial score (nSPS) is 13.4. The SMILES string of the molecule is CC(C)[C@@H](C)NC(=O)CSc1nc2ccccc2c(=O)n1[C@H](C)c1ccccc1. The number of nitrogens with zero attached hydrogens (tertiary/aromatic N) is 2. The van der Waals surface area contributed by atoms with Crippen molar-refractivity contribution < 1.29 is 4.79 Å². The van der Waals surface area contributed by atoms with E-state index in [1.54, 1.807) is 10.6 Å². The molecule has 2 aromatic carbocycles. The van der Waals surface area contributed by atoms with Crippen LogP contribution in [0.1, 0.15) is 39.3 Å². The fourth-order valence-corrected chi connectivity index (χ4v) is 3.93. The van der Waals surface area contributed by atoms with E-state index in [0.29, 0.717) is 22.0 Å². The lowest BCUT2D eigenvalue weighted by atomic mass is 10.1. The van der Waals surface area contributed by atoms with Crippen molar-refractivity contribution in [3.8, 4) is 0 Å². The molecule has 0 aliphatic carbocycles. The predicted octanol–water partition coefficient (Wildman–Crippen LogP) is 4.26. The molecule has 0 fully saturated rings. The molecule has 0 radical (unpaired) electrons. The molecule has 0 saturated heterocycles. The summed E-state index contributed by atoms with van der Waals surface area (Å²) in [4.78, 5) is 30.4. The van der Waals surface area contributed by atoms with Gasteiger partial charge in [0.2, 0.25) is 5.91 Å². The van der Waals surface area contributed by atoms with E-state index >= 15 is 0 Å². The van der Waals surface area contributed by atoms with Gasteiger partial charge in [0.25, 0.3) is 5.56 Å². The zero-order chi connectivity index (χ0) is 21.0. The average Bonchev–Trinajstić information content (AvgIpc) is 2.72. The van der Waals surface area contributed by atoms with Gasteiger partial charge in [-0.2, -0.15) is 0 Å². The molecule has 1 amide bonds. The number of hydrogen-bond donors (Lipinski definition) is 1. The van der Waals surface area contributed by atoms with Crippen LogP contribution in [0.3, 0.4) is 0 Å². The van der Waals surface area contributed by atoms with Crippen LogP contribution < -0.4 is 10.9 Å². The maximum Gasteiger partial charge on any atom is 0.262 e. The molecule has 3 aromatic rings. The van der Waals surface area contributed by atoms with Crippen LogP contribution >= 0.6 is 11.8 Å². The van der Waals surface area contributed by atoms with Crippen LogP contribution in [0.15, 0.2) is 64.5 Å². The second kappa shape index (κ2) is 9.27. The Labute approximate surface area is 175 Å². The maximum atomic E-state index is 13.3. The molecule has 5 nitrogen and oxygen atoms in total. The number of amides is 1. The second-order valence-corrected chi connectivity index (χ2v) is 8.50. The summed E-state index contributed by atoms with van der Waals surface area (Å²) >= 11 is 1.30.